The molecule has 6 nitrogen and oxygen atoms in total. The van der Waals surface area contributed by atoms with Gasteiger partial charge >= 0.3 is 0 Å². The standard InChI is InChI=1S/C21H17ClN4O2/c1-13-16-12-23-20(22)11-18(16)26(25-13)17-9-8-14(10-19(17)28-2)21(27)24-15-6-4-3-5-7-15/h3-12H,1-2H3,(H,24,27). The zero-order chi connectivity index (χ0) is 19.7. The zero-order valence-corrected chi connectivity index (χ0v) is 16.1. The quantitative estimate of drug-likeness (QED) is 0.513. The number of hydrogen-bond acceptors (Lipinski definition) is 4. The molecule has 28 heavy (non-hydrogen) atoms. The lowest BCUT2D eigenvalue weighted by molar-refractivity contribution is 0.102. The van der Waals surface area contributed by atoms with E-state index in [-0.39, 0.29) is 5.91 Å². The van der Waals surface area contributed by atoms with Gasteiger partial charge in [-0.05, 0) is 37.3 Å². The van der Waals surface area contributed by atoms with Crippen molar-refractivity contribution in [3.63, 3.8) is 0 Å². The Morgan fingerprint density at radius 3 is 2.68 bits per heavy atom. The van der Waals surface area contributed by atoms with Crippen LogP contribution in [0.25, 0.3) is 16.6 Å². The first-order valence-corrected chi connectivity index (χ1v) is 9.00. The van der Waals surface area contributed by atoms with Crippen LogP contribution in [0, 0.1) is 6.92 Å². The number of nitrogens with zero attached hydrogens (tertiary/aromatic N) is 3. The predicted octanol–water partition coefficient (Wildman–Crippen LogP) is 4.64. The number of pyridine rings is 1. The molecule has 0 spiro atoms. The molecule has 0 aliphatic carbocycles. The van der Waals surface area contributed by atoms with Gasteiger partial charge in [0.15, 0.2) is 0 Å². The van der Waals surface area contributed by atoms with Crippen LogP contribution in [-0.2, 0) is 0 Å². The maximum absolute atomic E-state index is 12.6. The summed E-state index contributed by atoms with van der Waals surface area (Å²) in [7, 11) is 1.56. The van der Waals surface area contributed by atoms with E-state index in [1.54, 1.807) is 42.3 Å². The van der Waals surface area contributed by atoms with Crippen molar-refractivity contribution in [2.45, 2.75) is 6.92 Å². The van der Waals surface area contributed by atoms with E-state index in [9.17, 15) is 4.79 Å². The van der Waals surface area contributed by atoms with E-state index in [2.05, 4.69) is 15.4 Å². The Morgan fingerprint density at radius 2 is 1.93 bits per heavy atom. The van der Waals surface area contributed by atoms with Crippen LogP contribution < -0.4 is 10.1 Å². The van der Waals surface area contributed by atoms with Crippen LogP contribution in [0.2, 0.25) is 5.15 Å². The summed E-state index contributed by atoms with van der Waals surface area (Å²) in [5, 5.41) is 8.74. The molecule has 0 unspecified atom stereocenters. The Labute approximate surface area is 166 Å². The van der Waals surface area contributed by atoms with Gasteiger partial charge in [-0.15, -0.1) is 0 Å². The number of ether oxygens (including phenoxy) is 1. The van der Waals surface area contributed by atoms with Crippen LogP contribution >= 0.6 is 11.6 Å². The van der Waals surface area contributed by atoms with Crippen molar-refractivity contribution in [1.82, 2.24) is 14.8 Å². The Bertz CT molecular complexity index is 1170. The van der Waals surface area contributed by atoms with Crippen molar-refractivity contribution >= 4 is 34.1 Å². The fourth-order valence-electron chi connectivity index (χ4n) is 3.03. The van der Waals surface area contributed by atoms with Crippen LogP contribution in [0.5, 0.6) is 5.75 Å². The Balaban J connectivity index is 1.74. The van der Waals surface area contributed by atoms with E-state index in [1.807, 2.05) is 37.3 Å². The maximum Gasteiger partial charge on any atom is 0.255 e. The third-order valence-electron chi connectivity index (χ3n) is 4.42. The number of nitrogens with one attached hydrogen (secondary N) is 1. The van der Waals surface area contributed by atoms with Crippen molar-refractivity contribution in [3.05, 3.63) is 77.2 Å². The van der Waals surface area contributed by atoms with Gasteiger partial charge in [0.05, 0.1) is 18.3 Å². The Kier molecular flexibility index (Phi) is 4.71. The average molecular weight is 393 g/mol. The number of aromatic nitrogens is 3. The number of para-hydroxylation sites is 1. The number of hydrogen-bond donors (Lipinski definition) is 1. The molecule has 2 aromatic heterocycles. The molecule has 2 heterocycles. The molecule has 0 saturated heterocycles. The minimum atomic E-state index is -0.218. The lowest BCUT2D eigenvalue weighted by Crippen LogP contribution is -2.12. The number of aryl methyl sites for hydroxylation is 1. The second-order valence-corrected chi connectivity index (χ2v) is 6.62. The summed E-state index contributed by atoms with van der Waals surface area (Å²) in [4.78, 5) is 16.7. The molecule has 4 aromatic rings. The molecule has 0 aliphatic rings. The molecule has 1 amide bonds. The van der Waals surface area contributed by atoms with E-state index in [0.717, 1.165) is 22.3 Å². The molecular weight excluding hydrogens is 376 g/mol. The highest BCUT2D eigenvalue weighted by Crippen LogP contribution is 2.29. The van der Waals surface area contributed by atoms with E-state index < -0.39 is 0 Å². The first kappa shape index (κ1) is 18.0. The molecule has 2 aromatic carbocycles. The summed E-state index contributed by atoms with van der Waals surface area (Å²) in [5.74, 6) is 0.308. The second-order valence-electron chi connectivity index (χ2n) is 6.23. The van der Waals surface area contributed by atoms with Gasteiger partial charge < -0.3 is 10.1 Å². The van der Waals surface area contributed by atoms with Crippen molar-refractivity contribution in [2.75, 3.05) is 12.4 Å². The summed E-state index contributed by atoms with van der Waals surface area (Å²) in [6.07, 6.45) is 1.70. The molecular formula is C21H17ClN4O2. The average Bonchev–Trinajstić information content (AvgIpc) is 3.03. The van der Waals surface area contributed by atoms with Crippen molar-refractivity contribution in [1.29, 1.82) is 0 Å². The maximum atomic E-state index is 12.6. The smallest absolute Gasteiger partial charge is 0.255 e. The lowest BCUT2D eigenvalue weighted by atomic mass is 10.1. The summed E-state index contributed by atoms with van der Waals surface area (Å²) in [5.41, 5.74) is 3.56. The topological polar surface area (TPSA) is 69.0 Å². The van der Waals surface area contributed by atoms with Crippen LogP contribution in [0.15, 0.2) is 60.8 Å². The highest BCUT2D eigenvalue weighted by molar-refractivity contribution is 6.30. The fourth-order valence-corrected chi connectivity index (χ4v) is 3.19. The third-order valence-corrected chi connectivity index (χ3v) is 4.63. The van der Waals surface area contributed by atoms with Crippen LogP contribution in [0.4, 0.5) is 5.69 Å². The lowest BCUT2D eigenvalue weighted by Gasteiger charge is -2.12. The minimum Gasteiger partial charge on any atom is -0.494 e. The number of benzene rings is 2. The molecule has 0 saturated carbocycles. The van der Waals surface area contributed by atoms with Gasteiger partial charge in [0.25, 0.3) is 5.91 Å². The van der Waals surface area contributed by atoms with E-state index in [1.165, 1.54) is 0 Å². The number of carbonyl (C=O) groups excluding carboxylic acids is 1. The van der Waals surface area contributed by atoms with Crippen LogP contribution in [0.1, 0.15) is 16.1 Å². The third kappa shape index (κ3) is 3.30. The SMILES string of the molecule is COc1cc(C(=O)Nc2ccccc2)ccc1-n1nc(C)c2cnc(Cl)cc21. The van der Waals surface area contributed by atoms with E-state index >= 15 is 0 Å². The van der Waals surface area contributed by atoms with Gasteiger partial charge in [0.2, 0.25) is 0 Å². The molecule has 0 aliphatic heterocycles. The predicted molar refractivity (Wildman–Crippen MR) is 110 cm³/mol. The molecule has 140 valence electrons. The highest BCUT2D eigenvalue weighted by atomic mass is 35.5. The van der Waals surface area contributed by atoms with Crippen molar-refractivity contribution < 1.29 is 9.53 Å². The molecule has 4 rings (SSSR count). The molecule has 0 bridgehead atoms. The zero-order valence-electron chi connectivity index (χ0n) is 15.3. The highest BCUT2D eigenvalue weighted by Gasteiger charge is 2.16. The first-order valence-electron chi connectivity index (χ1n) is 8.62. The number of fused-ring (bicyclic) bond motifs is 1. The largest absolute Gasteiger partial charge is 0.494 e. The Morgan fingerprint density at radius 1 is 1.14 bits per heavy atom. The van der Waals surface area contributed by atoms with Gasteiger partial charge in [-0.1, -0.05) is 29.8 Å². The summed E-state index contributed by atoms with van der Waals surface area (Å²) >= 11 is 6.07. The number of amides is 1. The van der Waals surface area contributed by atoms with Crippen molar-refractivity contribution in [3.8, 4) is 11.4 Å². The summed E-state index contributed by atoms with van der Waals surface area (Å²) in [6.45, 7) is 1.91. The molecule has 0 atom stereocenters. The number of anilines is 1. The van der Waals surface area contributed by atoms with Crippen LogP contribution in [0.3, 0.4) is 0 Å². The van der Waals surface area contributed by atoms with Gasteiger partial charge in [0, 0.05) is 28.9 Å². The van der Waals surface area contributed by atoms with Gasteiger partial charge in [-0.3, -0.25) is 4.79 Å². The number of halogens is 1. The second kappa shape index (κ2) is 7.32. The van der Waals surface area contributed by atoms with E-state index in [4.69, 9.17) is 16.3 Å². The van der Waals surface area contributed by atoms with Gasteiger partial charge in [-0.2, -0.15) is 5.10 Å². The monoisotopic (exact) mass is 392 g/mol. The molecule has 1 N–H and O–H groups in total. The Hall–Kier alpha value is -3.38. The van der Waals surface area contributed by atoms with Gasteiger partial charge in [-0.25, -0.2) is 9.67 Å². The van der Waals surface area contributed by atoms with Gasteiger partial charge in [0.1, 0.15) is 16.6 Å². The first-order chi connectivity index (χ1) is 13.6. The summed E-state index contributed by atoms with van der Waals surface area (Å²) in [6, 6.07) is 16.3. The minimum absolute atomic E-state index is 0.218. The molecule has 0 fully saturated rings. The van der Waals surface area contributed by atoms with Crippen LogP contribution in [-0.4, -0.2) is 27.8 Å². The summed E-state index contributed by atoms with van der Waals surface area (Å²) < 4.78 is 7.29. The molecule has 7 heteroatoms. The number of methoxy groups -OCH3 is 1. The molecule has 0 radical (unpaired) electrons. The number of rotatable bonds is 4. The normalized spacial score (nSPS) is 10.8. The van der Waals surface area contributed by atoms with Crippen molar-refractivity contribution in [2.24, 2.45) is 0 Å². The van der Waals surface area contributed by atoms with E-state index in [0.29, 0.717) is 22.2 Å². The fraction of sp³-hybridized carbons (Fsp3) is 0.0952. The number of carbonyl (C=O) groups is 1.